The van der Waals surface area contributed by atoms with Crippen LogP contribution in [0.5, 0.6) is 5.75 Å². The smallest absolute Gasteiger partial charge is 0.345 e. The number of carbonyl (C=O) groups is 1. The number of esters is 1. The minimum atomic E-state index is -1.04. The number of hydrogen-bond donors (Lipinski definition) is 1. The minimum absolute atomic E-state index is 0.156. The van der Waals surface area contributed by atoms with Gasteiger partial charge < -0.3 is 9.84 Å². The first-order valence-corrected chi connectivity index (χ1v) is 6.29. The van der Waals surface area contributed by atoms with Crippen molar-refractivity contribution < 1.29 is 14.6 Å². The second-order valence-electron chi connectivity index (χ2n) is 2.74. The van der Waals surface area contributed by atoms with Crippen LogP contribution >= 0.6 is 47.8 Å². The van der Waals surface area contributed by atoms with Crippen molar-refractivity contribution in [3.63, 3.8) is 0 Å². The zero-order valence-electron chi connectivity index (χ0n) is 7.41. The number of halogens is 3. The Morgan fingerprint density at radius 3 is 2.27 bits per heavy atom. The first-order chi connectivity index (χ1) is 6.89. The zero-order chi connectivity index (χ0) is 11.5. The molecule has 0 bridgehead atoms. The Balaban J connectivity index is 2.51. The van der Waals surface area contributed by atoms with Crippen LogP contribution in [0.25, 0.3) is 0 Å². The van der Waals surface area contributed by atoms with Crippen LogP contribution in [0.2, 0.25) is 0 Å². The molecule has 0 aliphatic carbocycles. The molecule has 0 saturated carbocycles. The van der Waals surface area contributed by atoms with Gasteiger partial charge in [0, 0.05) is 0 Å². The van der Waals surface area contributed by atoms with Crippen molar-refractivity contribution in [2.75, 3.05) is 0 Å². The van der Waals surface area contributed by atoms with E-state index in [0.29, 0.717) is 0 Å². The number of carbonyl (C=O) groups excluding carboxylic acids is 1. The summed E-state index contributed by atoms with van der Waals surface area (Å²) in [4.78, 5) is 11.3. The zero-order valence-corrected chi connectivity index (χ0v) is 12.2. The van der Waals surface area contributed by atoms with E-state index < -0.39 is 8.11 Å². The van der Waals surface area contributed by atoms with Crippen LogP contribution in [0.4, 0.5) is 0 Å². The van der Waals surface area contributed by atoms with Gasteiger partial charge >= 0.3 is 5.97 Å². The maximum Gasteiger partial charge on any atom is 0.345 e. The predicted molar refractivity (Wildman–Crippen MR) is 67.4 cm³/mol. The summed E-state index contributed by atoms with van der Waals surface area (Å²) in [5.74, 6) is -0.295. The molecule has 1 rings (SSSR count). The Morgan fingerprint density at radius 2 is 1.80 bits per heavy atom. The molecule has 0 atom stereocenters. The highest BCUT2D eigenvalue weighted by Crippen LogP contribution is 2.34. The van der Waals surface area contributed by atoms with Crippen molar-refractivity contribution in [1.29, 1.82) is 0 Å². The third-order valence-corrected chi connectivity index (χ3v) is 2.51. The molecule has 1 aromatic rings. The van der Waals surface area contributed by atoms with Gasteiger partial charge in [0.05, 0.1) is 0 Å². The highest BCUT2D eigenvalue weighted by atomic mass is 80.0. The van der Waals surface area contributed by atoms with Gasteiger partial charge in [0.25, 0.3) is 0 Å². The Bertz CT molecular complexity index is 343. The number of phenols is 1. The van der Waals surface area contributed by atoms with Gasteiger partial charge in [0.2, 0.25) is 2.14 Å². The number of benzene rings is 1. The predicted octanol–water partition coefficient (Wildman–Crippen LogP) is 3.27. The summed E-state index contributed by atoms with van der Waals surface area (Å²) in [6.07, 6.45) is 0. The molecule has 82 valence electrons. The lowest BCUT2D eigenvalue weighted by atomic mass is 10.2. The van der Waals surface area contributed by atoms with E-state index in [-0.39, 0.29) is 12.4 Å². The van der Waals surface area contributed by atoms with Gasteiger partial charge in [0.1, 0.15) is 12.4 Å². The van der Waals surface area contributed by atoms with Crippen molar-refractivity contribution in [3.05, 3.63) is 29.8 Å². The molecule has 0 spiro atoms. The van der Waals surface area contributed by atoms with Crippen LogP contribution in [0.15, 0.2) is 24.3 Å². The third kappa shape index (κ3) is 4.53. The first kappa shape index (κ1) is 13.0. The van der Waals surface area contributed by atoms with Crippen molar-refractivity contribution in [1.82, 2.24) is 0 Å². The van der Waals surface area contributed by atoms with Gasteiger partial charge in [-0.05, 0) is 65.5 Å². The van der Waals surface area contributed by atoms with E-state index in [0.717, 1.165) is 5.56 Å². The molecular formula is C9H7Br3O3. The van der Waals surface area contributed by atoms with Crippen molar-refractivity contribution in [3.8, 4) is 5.75 Å². The van der Waals surface area contributed by atoms with Gasteiger partial charge in [-0.1, -0.05) is 12.1 Å². The SMILES string of the molecule is O=C(OCc1ccc(O)cc1)C(Br)(Br)Br. The molecule has 0 amide bonds. The van der Waals surface area contributed by atoms with Crippen LogP contribution in [0, 0.1) is 0 Å². The molecule has 1 aromatic carbocycles. The summed E-state index contributed by atoms with van der Waals surface area (Å²) >= 11 is 9.14. The van der Waals surface area contributed by atoms with Crippen molar-refractivity contribution >= 4 is 53.8 Å². The van der Waals surface area contributed by atoms with Crippen LogP contribution < -0.4 is 0 Å². The molecule has 0 radical (unpaired) electrons. The molecule has 0 fully saturated rings. The largest absolute Gasteiger partial charge is 0.508 e. The van der Waals surface area contributed by atoms with E-state index in [4.69, 9.17) is 9.84 Å². The van der Waals surface area contributed by atoms with Crippen LogP contribution in [-0.2, 0) is 16.1 Å². The van der Waals surface area contributed by atoms with E-state index in [1.165, 1.54) is 12.1 Å². The molecule has 6 heteroatoms. The van der Waals surface area contributed by atoms with Gasteiger partial charge in [-0.15, -0.1) is 0 Å². The Labute approximate surface area is 112 Å². The molecule has 0 heterocycles. The first-order valence-electron chi connectivity index (χ1n) is 3.91. The normalized spacial score (nSPS) is 11.1. The molecule has 15 heavy (non-hydrogen) atoms. The number of alkyl halides is 3. The number of hydrogen-bond acceptors (Lipinski definition) is 3. The molecular weight excluding hydrogens is 396 g/mol. The van der Waals surface area contributed by atoms with E-state index >= 15 is 0 Å². The average molecular weight is 403 g/mol. The van der Waals surface area contributed by atoms with Gasteiger partial charge in [-0.2, -0.15) is 0 Å². The van der Waals surface area contributed by atoms with E-state index in [1.807, 2.05) is 0 Å². The highest BCUT2D eigenvalue weighted by molar-refractivity contribution is 9.40. The fraction of sp³-hybridized carbons (Fsp3) is 0.222. The van der Waals surface area contributed by atoms with Crippen molar-refractivity contribution in [2.24, 2.45) is 0 Å². The van der Waals surface area contributed by atoms with Gasteiger partial charge in [-0.3, -0.25) is 0 Å². The standard InChI is InChI=1S/C9H7Br3O3/c10-9(11,12)8(14)15-5-6-1-3-7(13)4-2-6/h1-4,13H,5H2. The van der Waals surface area contributed by atoms with Gasteiger partial charge in [0.15, 0.2) is 0 Å². The maximum absolute atomic E-state index is 11.3. The summed E-state index contributed by atoms with van der Waals surface area (Å²) < 4.78 is 3.93. The lowest BCUT2D eigenvalue weighted by Gasteiger charge is -2.11. The van der Waals surface area contributed by atoms with E-state index in [2.05, 4.69) is 47.8 Å². The number of phenolic OH excluding ortho intramolecular Hbond substituents is 1. The topological polar surface area (TPSA) is 46.5 Å². The molecule has 0 saturated heterocycles. The number of aromatic hydroxyl groups is 1. The quantitative estimate of drug-likeness (QED) is 0.610. The second kappa shape index (κ2) is 5.32. The minimum Gasteiger partial charge on any atom is -0.508 e. The van der Waals surface area contributed by atoms with E-state index in [9.17, 15) is 4.79 Å². The third-order valence-electron chi connectivity index (χ3n) is 1.54. The van der Waals surface area contributed by atoms with Crippen LogP contribution in [-0.4, -0.2) is 13.2 Å². The van der Waals surface area contributed by atoms with E-state index in [1.54, 1.807) is 12.1 Å². The average Bonchev–Trinajstić information content (AvgIpc) is 2.15. The van der Waals surface area contributed by atoms with Crippen LogP contribution in [0.3, 0.4) is 0 Å². The van der Waals surface area contributed by atoms with Crippen molar-refractivity contribution in [2.45, 2.75) is 8.75 Å². The molecule has 0 aromatic heterocycles. The summed E-state index contributed by atoms with van der Waals surface area (Å²) in [6.45, 7) is 0.156. The number of ether oxygens (including phenoxy) is 1. The number of rotatable bonds is 2. The van der Waals surface area contributed by atoms with Crippen LogP contribution in [0.1, 0.15) is 5.56 Å². The summed E-state index contributed by atoms with van der Waals surface area (Å²) in [5.41, 5.74) is 0.804. The fourth-order valence-corrected chi connectivity index (χ4v) is 1.17. The molecule has 0 aliphatic rings. The summed E-state index contributed by atoms with van der Waals surface area (Å²) in [5, 5.41) is 9.03. The molecule has 0 aliphatic heterocycles. The van der Waals surface area contributed by atoms with Gasteiger partial charge in [-0.25, -0.2) is 4.79 Å². The summed E-state index contributed by atoms with van der Waals surface area (Å²) in [6, 6.07) is 6.43. The molecule has 3 nitrogen and oxygen atoms in total. The molecule has 0 unspecified atom stereocenters. The monoisotopic (exact) mass is 400 g/mol. The fourth-order valence-electron chi connectivity index (χ4n) is 0.823. The highest BCUT2D eigenvalue weighted by Gasteiger charge is 2.30. The lowest BCUT2D eigenvalue weighted by Crippen LogP contribution is -2.19. The Kier molecular flexibility index (Phi) is 4.61. The second-order valence-corrected chi connectivity index (χ2v) is 9.50. The molecule has 1 N–H and O–H groups in total. The Hall–Kier alpha value is -0.0700. The Morgan fingerprint density at radius 1 is 1.27 bits per heavy atom. The summed E-state index contributed by atoms with van der Waals surface area (Å²) in [7, 11) is 0. The lowest BCUT2D eigenvalue weighted by molar-refractivity contribution is -0.142. The maximum atomic E-state index is 11.3.